The summed E-state index contributed by atoms with van der Waals surface area (Å²) in [4.78, 5) is 15.5. The number of nitrogen functional groups attached to an aromatic ring is 1. The van der Waals surface area contributed by atoms with E-state index < -0.39 is 0 Å². The van der Waals surface area contributed by atoms with Gasteiger partial charge < -0.3 is 15.4 Å². The van der Waals surface area contributed by atoms with Crippen LogP contribution in [-0.2, 0) is 4.74 Å². The molecule has 1 aromatic heterocycles. The minimum absolute atomic E-state index is 0.0221. The third kappa shape index (κ3) is 3.15. The van der Waals surface area contributed by atoms with Crippen molar-refractivity contribution in [3.8, 4) is 5.69 Å². The Morgan fingerprint density at radius 3 is 2.79 bits per heavy atom. The Labute approximate surface area is 168 Å². The fourth-order valence-electron chi connectivity index (χ4n) is 4.60. The van der Waals surface area contributed by atoms with Crippen LogP contribution in [0.15, 0.2) is 54.6 Å². The predicted octanol–water partition coefficient (Wildman–Crippen LogP) is 1.89. The van der Waals surface area contributed by atoms with Gasteiger partial charge in [0, 0.05) is 36.6 Å². The Morgan fingerprint density at radius 1 is 1.14 bits per heavy atom. The molecule has 29 heavy (non-hydrogen) atoms. The topological polar surface area (TPSA) is 99.2 Å². The van der Waals surface area contributed by atoms with E-state index in [0.717, 1.165) is 6.42 Å². The lowest BCUT2D eigenvalue weighted by atomic mass is 9.84. The molecular weight excluding hydrogens is 368 g/mol. The van der Waals surface area contributed by atoms with Crippen molar-refractivity contribution in [3.05, 3.63) is 65.7 Å². The van der Waals surface area contributed by atoms with Gasteiger partial charge in [0.1, 0.15) is 0 Å². The smallest absolute Gasteiger partial charge is 0.254 e. The first-order chi connectivity index (χ1) is 14.2. The minimum Gasteiger partial charge on any atom is -0.381 e. The van der Waals surface area contributed by atoms with E-state index in [-0.39, 0.29) is 23.8 Å². The van der Waals surface area contributed by atoms with Gasteiger partial charge in [0.25, 0.3) is 5.91 Å². The molecule has 3 heterocycles. The SMILES string of the molecule is Nc1nnnn1-c1cccc(C(=O)N2CC(c3ccccc3)C3COCCC32)c1. The minimum atomic E-state index is 0.0221. The molecule has 2 N–H and O–H groups in total. The maximum absolute atomic E-state index is 13.5. The van der Waals surface area contributed by atoms with Gasteiger partial charge in [-0.25, -0.2) is 0 Å². The van der Waals surface area contributed by atoms with Gasteiger partial charge in [-0.2, -0.15) is 4.68 Å². The number of nitrogens with two attached hydrogens (primary N) is 1. The number of carbonyl (C=O) groups is 1. The second-order valence-electron chi connectivity index (χ2n) is 7.57. The fourth-order valence-corrected chi connectivity index (χ4v) is 4.60. The van der Waals surface area contributed by atoms with E-state index in [2.05, 4.69) is 39.8 Å². The van der Waals surface area contributed by atoms with Crippen LogP contribution >= 0.6 is 0 Å². The molecule has 8 heteroatoms. The van der Waals surface area contributed by atoms with Crippen LogP contribution < -0.4 is 5.73 Å². The molecule has 3 aromatic rings. The Hall–Kier alpha value is -3.26. The van der Waals surface area contributed by atoms with Gasteiger partial charge >= 0.3 is 0 Å². The highest BCUT2D eigenvalue weighted by molar-refractivity contribution is 5.95. The van der Waals surface area contributed by atoms with Crippen molar-refractivity contribution in [2.45, 2.75) is 18.4 Å². The molecule has 0 spiro atoms. The first kappa shape index (κ1) is 17.8. The number of carbonyl (C=O) groups excluding carboxylic acids is 1. The molecule has 3 unspecified atom stereocenters. The van der Waals surface area contributed by atoms with E-state index in [1.807, 2.05) is 29.2 Å². The number of ether oxygens (including phenoxy) is 1. The summed E-state index contributed by atoms with van der Waals surface area (Å²) in [5.41, 5.74) is 8.35. The molecule has 2 aliphatic heterocycles. The molecule has 0 bridgehead atoms. The van der Waals surface area contributed by atoms with Crippen molar-refractivity contribution in [2.24, 2.45) is 5.92 Å². The number of nitrogens with zero attached hydrogens (tertiary/aromatic N) is 5. The molecular formula is C21H22N6O2. The van der Waals surface area contributed by atoms with E-state index in [4.69, 9.17) is 10.5 Å². The number of tetrazole rings is 1. The average Bonchev–Trinajstić information content (AvgIpc) is 3.38. The van der Waals surface area contributed by atoms with Crippen LogP contribution in [-0.4, -0.2) is 56.8 Å². The van der Waals surface area contributed by atoms with Gasteiger partial charge in [0.15, 0.2) is 0 Å². The lowest BCUT2D eigenvalue weighted by Gasteiger charge is -2.32. The van der Waals surface area contributed by atoms with Gasteiger partial charge in [0.2, 0.25) is 5.95 Å². The summed E-state index contributed by atoms with van der Waals surface area (Å²) in [6, 6.07) is 17.9. The quantitative estimate of drug-likeness (QED) is 0.733. The van der Waals surface area contributed by atoms with Gasteiger partial charge in [-0.1, -0.05) is 41.5 Å². The van der Waals surface area contributed by atoms with E-state index in [1.54, 1.807) is 6.07 Å². The largest absolute Gasteiger partial charge is 0.381 e. The molecule has 5 rings (SSSR count). The van der Waals surface area contributed by atoms with Crippen LogP contribution in [0.5, 0.6) is 0 Å². The van der Waals surface area contributed by atoms with Crippen molar-refractivity contribution in [1.82, 2.24) is 25.1 Å². The van der Waals surface area contributed by atoms with Gasteiger partial charge in [-0.05, 0) is 40.6 Å². The van der Waals surface area contributed by atoms with Crippen molar-refractivity contribution >= 4 is 11.9 Å². The van der Waals surface area contributed by atoms with Crippen LogP contribution in [0.4, 0.5) is 5.95 Å². The normalized spacial score (nSPS) is 23.7. The van der Waals surface area contributed by atoms with Gasteiger partial charge in [-0.3, -0.25) is 4.79 Å². The summed E-state index contributed by atoms with van der Waals surface area (Å²) < 4.78 is 7.19. The zero-order valence-electron chi connectivity index (χ0n) is 15.9. The van der Waals surface area contributed by atoms with Crippen molar-refractivity contribution < 1.29 is 9.53 Å². The number of amides is 1. The van der Waals surface area contributed by atoms with Crippen LogP contribution in [0.25, 0.3) is 5.69 Å². The fraction of sp³-hybridized carbons (Fsp3) is 0.333. The highest BCUT2D eigenvalue weighted by Gasteiger charge is 2.46. The number of aromatic nitrogens is 4. The first-order valence-corrected chi connectivity index (χ1v) is 9.80. The maximum atomic E-state index is 13.5. The molecule has 148 valence electrons. The molecule has 2 aromatic carbocycles. The van der Waals surface area contributed by atoms with Crippen LogP contribution in [0, 0.1) is 5.92 Å². The van der Waals surface area contributed by atoms with E-state index in [1.165, 1.54) is 10.2 Å². The average molecular weight is 390 g/mol. The number of hydrogen-bond donors (Lipinski definition) is 1. The molecule has 3 atom stereocenters. The Kier molecular flexibility index (Phi) is 4.48. The van der Waals surface area contributed by atoms with Crippen molar-refractivity contribution in [1.29, 1.82) is 0 Å². The molecule has 1 amide bonds. The summed E-state index contributed by atoms with van der Waals surface area (Å²) in [6.45, 7) is 2.07. The predicted molar refractivity (Wildman–Crippen MR) is 106 cm³/mol. The van der Waals surface area contributed by atoms with Crippen molar-refractivity contribution in [2.75, 3.05) is 25.5 Å². The number of fused-ring (bicyclic) bond motifs is 1. The first-order valence-electron chi connectivity index (χ1n) is 9.80. The zero-order chi connectivity index (χ0) is 19.8. The summed E-state index contributed by atoms with van der Waals surface area (Å²) >= 11 is 0. The summed E-state index contributed by atoms with van der Waals surface area (Å²) in [5, 5.41) is 11.2. The highest BCUT2D eigenvalue weighted by Crippen LogP contribution is 2.41. The standard InChI is InChI=1S/C21H22N6O2/c22-21-23-24-25-27(21)16-8-4-7-15(11-16)20(28)26-12-17(14-5-2-1-3-6-14)18-13-29-10-9-19(18)26/h1-8,11,17-19H,9-10,12-13H2,(H2,22,23,25). The Morgan fingerprint density at radius 2 is 2.00 bits per heavy atom. The van der Waals surface area contributed by atoms with Crippen LogP contribution in [0.1, 0.15) is 28.3 Å². The lowest BCUT2D eigenvalue weighted by Crippen LogP contribution is -2.42. The van der Waals surface area contributed by atoms with Crippen LogP contribution in [0.3, 0.4) is 0 Å². The molecule has 2 aliphatic rings. The van der Waals surface area contributed by atoms with Gasteiger partial charge in [-0.15, -0.1) is 0 Å². The monoisotopic (exact) mass is 390 g/mol. The number of benzene rings is 2. The number of likely N-dealkylation sites (tertiary alicyclic amines) is 1. The molecule has 0 saturated carbocycles. The van der Waals surface area contributed by atoms with E-state index >= 15 is 0 Å². The number of hydrogen-bond acceptors (Lipinski definition) is 6. The zero-order valence-corrected chi connectivity index (χ0v) is 15.9. The molecule has 0 radical (unpaired) electrons. The summed E-state index contributed by atoms with van der Waals surface area (Å²) in [6.07, 6.45) is 0.860. The number of rotatable bonds is 3. The second-order valence-corrected chi connectivity index (χ2v) is 7.57. The van der Waals surface area contributed by atoms with Crippen molar-refractivity contribution in [3.63, 3.8) is 0 Å². The Bertz CT molecular complexity index is 1020. The second kappa shape index (κ2) is 7.29. The number of anilines is 1. The van der Waals surface area contributed by atoms with Gasteiger partial charge in [0.05, 0.1) is 12.3 Å². The molecule has 2 fully saturated rings. The van der Waals surface area contributed by atoms with E-state index in [9.17, 15) is 4.79 Å². The lowest BCUT2D eigenvalue weighted by molar-refractivity contribution is 0.0189. The summed E-state index contributed by atoms with van der Waals surface area (Å²) in [7, 11) is 0. The molecule has 0 aliphatic carbocycles. The highest BCUT2D eigenvalue weighted by atomic mass is 16.5. The summed E-state index contributed by atoms with van der Waals surface area (Å²) in [5.74, 6) is 0.801. The third-order valence-corrected chi connectivity index (χ3v) is 5.99. The molecule has 8 nitrogen and oxygen atoms in total. The maximum Gasteiger partial charge on any atom is 0.254 e. The van der Waals surface area contributed by atoms with E-state index in [0.29, 0.717) is 36.9 Å². The Balaban J connectivity index is 1.46. The van der Waals surface area contributed by atoms with Crippen LogP contribution in [0.2, 0.25) is 0 Å². The molecule has 2 saturated heterocycles. The third-order valence-electron chi connectivity index (χ3n) is 5.99.